The molecule has 0 aromatic heterocycles. The third-order valence-corrected chi connectivity index (χ3v) is 3.37. The van der Waals surface area contributed by atoms with Gasteiger partial charge >= 0.3 is 5.97 Å². The summed E-state index contributed by atoms with van der Waals surface area (Å²) in [6.45, 7) is 1.35. The van der Waals surface area contributed by atoms with Crippen molar-refractivity contribution < 1.29 is 9.90 Å². The lowest BCUT2D eigenvalue weighted by Gasteiger charge is -2.20. The van der Waals surface area contributed by atoms with E-state index in [9.17, 15) is 4.79 Å². The highest BCUT2D eigenvalue weighted by Crippen LogP contribution is 2.28. The Bertz CT molecular complexity index is 454. The molecule has 0 radical (unpaired) electrons. The van der Waals surface area contributed by atoms with E-state index in [1.165, 1.54) is 0 Å². The standard InChI is InChI=1S/C12H12BrNO2/c13-11-4-2-1-3-8(11)10-7-14-6-5-9(10)12(15)16/h1-4,14H,5-7H2,(H,15,16). The second-order valence-electron chi connectivity index (χ2n) is 3.67. The van der Waals surface area contributed by atoms with Gasteiger partial charge in [-0.05, 0) is 30.2 Å². The summed E-state index contributed by atoms with van der Waals surface area (Å²) in [6, 6.07) is 7.71. The highest BCUT2D eigenvalue weighted by atomic mass is 79.9. The van der Waals surface area contributed by atoms with Gasteiger partial charge in [-0.15, -0.1) is 0 Å². The maximum absolute atomic E-state index is 11.1. The van der Waals surface area contributed by atoms with Gasteiger partial charge in [0.2, 0.25) is 0 Å². The van der Waals surface area contributed by atoms with Gasteiger partial charge in [0, 0.05) is 16.6 Å². The number of carboxylic acid groups (broad SMARTS) is 1. The number of hydrogen-bond donors (Lipinski definition) is 2. The first kappa shape index (κ1) is 11.4. The van der Waals surface area contributed by atoms with Crippen molar-refractivity contribution >= 4 is 27.5 Å². The quantitative estimate of drug-likeness (QED) is 0.875. The minimum Gasteiger partial charge on any atom is -0.478 e. The molecule has 0 spiro atoms. The molecule has 1 aromatic rings. The minimum atomic E-state index is -0.813. The van der Waals surface area contributed by atoms with Crippen molar-refractivity contribution in [3.8, 4) is 0 Å². The summed E-state index contributed by atoms with van der Waals surface area (Å²) in [5, 5.41) is 12.4. The summed E-state index contributed by atoms with van der Waals surface area (Å²) in [5.74, 6) is -0.813. The smallest absolute Gasteiger partial charge is 0.331 e. The van der Waals surface area contributed by atoms with E-state index >= 15 is 0 Å². The molecule has 0 fully saturated rings. The van der Waals surface area contributed by atoms with E-state index in [-0.39, 0.29) is 0 Å². The fourth-order valence-electron chi connectivity index (χ4n) is 1.88. The van der Waals surface area contributed by atoms with Gasteiger partial charge in [0.15, 0.2) is 0 Å². The molecule has 16 heavy (non-hydrogen) atoms. The predicted molar refractivity (Wildman–Crippen MR) is 66.2 cm³/mol. The average Bonchev–Trinajstić information content (AvgIpc) is 2.29. The van der Waals surface area contributed by atoms with Crippen molar-refractivity contribution in [3.63, 3.8) is 0 Å². The zero-order chi connectivity index (χ0) is 11.5. The van der Waals surface area contributed by atoms with Crippen LogP contribution in [0.2, 0.25) is 0 Å². The lowest BCUT2D eigenvalue weighted by Crippen LogP contribution is -2.27. The molecule has 0 bridgehead atoms. The van der Waals surface area contributed by atoms with Crippen molar-refractivity contribution in [2.45, 2.75) is 6.42 Å². The van der Waals surface area contributed by atoms with Crippen LogP contribution in [-0.2, 0) is 4.79 Å². The van der Waals surface area contributed by atoms with Crippen LogP contribution in [0.15, 0.2) is 34.3 Å². The number of aliphatic carboxylic acids is 1. The number of carboxylic acids is 1. The fraction of sp³-hybridized carbons (Fsp3) is 0.250. The van der Waals surface area contributed by atoms with E-state index in [2.05, 4.69) is 21.2 Å². The molecule has 1 aliphatic heterocycles. The Kier molecular flexibility index (Phi) is 3.41. The maximum atomic E-state index is 11.1. The van der Waals surface area contributed by atoms with Crippen LogP contribution in [0.25, 0.3) is 5.57 Å². The Balaban J connectivity index is 2.52. The Morgan fingerprint density at radius 2 is 2.12 bits per heavy atom. The lowest BCUT2D eigenvalue weighted by molar-refractivity contribution is -0.132. The van der Waals surface area contributed by atoms with Crippen LogP contribution >= 0.6 is 15.9 Å². The summed E-state index contributed by atoms with van der Waals surface area (Å²) < 4.78 is 0.937. The zero-order valence-electron chi connectivity index (χ0n) is 8.66. The third kappa shape index (κ3) is 2.18. The van der Waals surface area contributed by atoms with Gasteiger partial charge in [-0.1, -0.05) is 34.1 Å². The highest BCUT2D eigenvalue weighted by molar-refractivity contribution is 9.10. The van der Waals surface area contributed by atoms with Gasteiger partial charge < -0.3 is 10.4 Å². The van der Waals surface area contributed by atoms with Gasteiger partial charge in [0.1, 0.15) is 0 Å². The predicted octanol–water partition coefficient (Wildman–Crippen LogP) is 2.28. The summed E-state index contributed by atoms with van der Waals surface area (Å²) >= 11 is 3.45. The second kappa shape index (κ2) is 4.80. The Labute approximate surface area is 102 Å². The summed E-state index contributed by atoms with van der Waals surface area (Å²) in [7, 11) is 0. The minimum absolute atomic E-state index is 0.519. The lowest BCUT2D eigenvalue weighted by atomic mass is 9.95. The molecule has 0 aliphatic carbocycles. The monoisotopic (exact) mass is 281 g/mol. The van der Waals surface area contributed by atoms with Crippen LogP contribution in [0, 0.1) is 0 Å². The summed E-state index contributed by atoms with van der Waals surface area (Å²) in [6.07, 6.45) is 0.575. The van der Waals surface area contributed by atoms with E-state index in [0.29, 0.717) is 18.5 Å². The number of nitrogens with one attached hydrogen (secondary N) is 1. The SMILES string of the molecule is O=C(O)C1=C(c2ccccc2Br)CNCC1. The van der Waals surface area contributed by atoms with Gasteiger partial charge in [-0.25, -0.2) is 4.79 Å². The van der Waals surface area contributed by atoms with Crippen molar-refractivity contribution in [2.24, 2.45) is 0 Å². The van der Waals surface area contributed by atoms with Crippen LogP contribution in [0.1, 0.15) is 12.0 Å². The molecule has 0 saturated carbocycles. The van der Waals surface area contributed by atoms with Gasteiger partial charge in [0.05, 0.1) is 0 Å². The van der Waals surface area contributed by atoms with E-state index in [0.717, 1.165) is 22.2 Å². The first-order valence-electron chi connectivity index (χ1n) is 5.11. The Hall–Kier alpha value is -1.13. The molecule has 1 aliphatic rings. The van der Waals surface area contributed by atoms with Gasteiger partial charge in [-0.3, -0.25) is 0 Å². The molecule has 0 saturated heterocycles. The Morgan fingerprint density at radius 3 is 2.81 bits per heavy atom. The maximum Gasteiger partial charge on any atom is 0.331 e. The number of hydrogen-bond acceptors (Lipinski definition) is 2. The second-order valence-corrected chi connectivity index (χ2v) is 4.52. The van der Waals surface area contributed by atoms with Crippen molar-refractivity contribution in [1.29, 1.82) is 0 Å². The van der Waals surface area contributed by atoms with Crippen molar-refractivity contribution in [1.82, 2.24) is 5.32 Å². The molecular formula is C12H12BrNO2. The largest absolute Gasteiger partial charge is 0.478 e. The normalized spacial score (nSPS) is 16.3. The molecule has 4 heteroatoms. The molecule has 2 rings (SSSR count). The fourth-order valence-corrected chi connectivity index (χ4v) is 2.41. The number of benzene rings is 1. The third-order valence-electron chi connectivity index (χ3n) is 2.67. The van der Waals surface area contributed by atoms with Crippen LogP contribution in [0.3, 0.4) is 0 Å². The molecule has 3 nitrogen and oxygen atoms in total. The average molecular weight is 282 g/mol. The Morgan fingerprint density at radius 1 is 1.38 bits per heavy atom. The van der Waals surface area contributed by atoms with Crippen LogP contribution in [-0.4, -0.2) is 24.2 Å². The van der Waals surface area contributed by atoms with E-state index in [1.807, 2.05) is 24.3 Å². The highest BCUT2D eigenvalue weighted by Gasteiger charge is 2.20. The summed E-state index contributed by atoms with van der Waals surface area (Å²) in [5.41, 5.74) is 2.36. The number of halogens is 1. The first-order chi connectivity index (χ1) is 7.70. The van der Waals surface area contributed by atoms with Crippen LogP contribution in [0.4, 0.5) is 0 Å². The van der Waals surface area contributed by atoms with Gasteiger partial charge in [-0.2, -0.15) is 0 Å². The van der Waals surface area contributed by atoms with E-state index in [1.54, 1.807) is 0 Å². The van der Waals surface area contributed by atoms with E-state index in [4.69, 9.17) is 5.11 Å². The van der Waals surface area contributed by atoms with Crippen molar-refractivity contribution in [2.75, 3.05) is 13.1 Å². The molecule has 1 aromatic carbocycles. The molecule has 0 unspecified atom stereocenters. The van der Waals surface area contributed by atoms with Crippen molar-refractivity contribution in [3.05, 3.63) is 39.9 Å². The van der Waals surface area contributed by atoms with Crippen LogP contribution < -0.4 is 5.32 Å². The number of rotatable bonds is 2. The number of carbonyl (C=O) groups is 1. The summed E-state index contributed by atoms with van der Waals surface area (Å²) in [4.78, 5) is 11.1. The molecule has 1 heterocycles. The molecule has 84 valence electrons. The molecular weight excluding hydrogens is 270 g/mol. The zero-order valence-corrected chi connectivity index (χ0v) is 10.3. The van der Waals surface area contributed by atoms with Crippen LogP contribution in [0.5, 0.6) is 0 Å². The molecule has 0 amide bonds. The first-order valence-corrected chi connectivity index (χ1v) is 5.90. The van der Waals surface area contributed by atoms with Gasteiger partial charge in [0.25, 0.3) is 0 Å². The topological polar surface area (TPSA) is 49.3 Å². The molecule has 0 atom stereocenters. The molecule has 2 N–H and O–H groups in total. The van der Waals surface area contributed by atoms with E-state index < -0.39 is 5.97 Å².